The Morgan fingerprint density at radius 3 is 2.63 bits per heavy atom. The second-order valence-corrected chi connectivity index (χ2v) is 7.52. The van der Waals surface area contributed by atoms with Gasteiger partial charge in [0.1, 0.15) is 5.01 Å². The topological polar surface area (TPSA) is 71.3 Å². The average Bonchev–Trinajstić information content (AvgIpc) is 2.92. The van der Waals surface area contributed by atoms with E-state index in [-0.39, 0.29) is 29.5 Å². The maximum absolute atomic E-state index is 11.9. The SMILES string of the molecule is CCNC(=NCc1nc(C)c(C)s1)NCCCCn1c(C)cccc1=O.I. The Morgan fingerprint density at radius 2 is 2.00 bits per heavy atom. The molecule has 27 heavy (non-hydrogen) atoms. The number of unbranched alkanes of at least 4 members (excludes halogenated alkanes) is 1. The molecule has 0 saturated heterocycles. The van der Waals surface area contributed by atoms with E-state index in [4.69, 9.17) is 0 Å². The summed E-state index contributed by atoms with van der Waals surface area (Å²) in [5.74, 6) is 0.811. The van der Waals surface area contributed by atoms with Crippen LogP contribution < -0.4 is 16.2 Å². The molecule has 0 bridgehead atoms. The molecule has 0 radical (unpaired) electrons. The lowest BCUT2D eigenvalue weighted by molar-refractivity contribution is 0.575. The zero-order chi connectivity index (χ0) is 18.9. The summed E-state index contributed by atoms with van der Waals surface area (Å²) in [7, 11) is 0. The van der Waals surface area contributed by atoms with Crippen molar-refractivity contribution >= 4 is 41.3 Å². The van der Waals surface area contributed by atoms with Crippen molar-refractivity contribution in [1.29, 1.82) is 0 Å². The summed E-state index contributed by atoms with van der Waals surface area (Å²) in [6, 6.07) is 5.39. The molecule has 2 aromatic rings. The summed E-state index contributed by atoms with van der Waals surface area (Å²) in [5.41, 5.74) is 2.17. The van der Waals surface area contributed by atoms with E-state index < -0.39 is 0 Å². The van der Waals surface area contributed by atoms with Gasteiger partial charge in [0.05, 0.1) is 12.2 Å². The summed E-state index contributed by atoms with van der Waals surface area (Å²) >= 11 is 1.70. The molecule has 8 heteroatoms. The first-order chi connectivity index (χ1) is 12.5. The van der Waals surface area contributed by atoms with Crippen LogP contribution in [0.25, 0.3) is 0 Å². The highest BCUT2D eigenvalue weighted by Crippen LogP contribution is 2.16. The molecule has 0 unspecified atom stereocenters. The fourth-order valence-electron chi connectivity index (χ4n) is 2.61. The van der Waals surface area contributed by atoms with Crippen LogP contribution >= 0.6 is 35.3 Å². The van der Waals surface area contributed by atoms with E-state index in [1.165, 1.54) is 4.88 Å². The number of aliphatic imine (C=N–C) groups is 1. The fourth-order valence-corrected chi connectivity index (χ4v) is 3.47. The molecule has 2 aromatic heterocycles. The predicted molar refractivity (Wildman–Crippen MR) is 124 cm³/mol. The first kappa shape index (κ1) is 23.6. The summed E-state index contributed by atoms with van der Waals surface area (Å²) < 4.78 is 1.83. The minimum absolute atomic E-state index is 0. The van der Waals surface area contributed by atoms with Gasteiger partial charge < -0.3 is 15.2 Å². The minimum atomic E-state index is 0. The molecule has 2 rings (SSSR count). The summed E-state index contributed by atoms with van der Waals surface area (Å²) in [6.45, 7) is 11.1. The maximum Gasteiger partial charge on any atom is 0.250 e. The number of thiazole rings is 1. The minimum Gasteiger partial charge on any atom is -0.357 e. The van der Waals surface area contributed by atoms with Crippen molar-refractivity contribution in [1.82, 2.24) is 20.2 Å². The highest BCUT2D eigenvalue weighted by molar-refractivity contribution is 14.0. The number of nitrogens with one attached hydrogen (secondary N) is 2. The largest absolute Gasteiger partial charge is 0.357 e. The molecule has 0 fully saturated rings. The van der Waals surface area contributed by atoms with E-state index in [1.807, 2.05) is 24.5 Å². The standard InChI is InChI=1S/C19H29N5OS.HI/c1-5-20-19(22-13-17-23-15(3)16(4)26-17)21-11-6-7-12-24-14(2)9-8-10-18(24)25;/h8-10H,5-7,11-13H2,1-4H3,(H2,20,21,22);1H. The Bertz CT molecular complexity index is 780. The molecule has 0 aromatic carbocycles. The monoisotopic (exact) mass is 503 g/mol. The third-order valence-electron chi connectivity index (χ3n) is 4.16. The van der Waals surface area contributed by atoms with Crippen molar-refractivity contribution in [2.45, 2.75) is 53.6 Å². The van der Waals surface area contributed by atoms with Crippen molar-refractivity contribution in [2.24, 2.45) is 4.99 Å². The van der Waals surface area contributed by atoms with Crippen LogP contribution in [0.5, 0.6) is 0 Å². The van der Waals surface area contributed by atoms with Crippen LogP contribution in [-0.2, 0) is 13.1 Å². The molecule has 0 amide bonds. The lowest BCUT2D eigenvalue weighted by Gasteiger charge is -2.12. The summed E-state index contributed by atoms with van der Waals surface area (Å²) in [4.78, 5) is 22.2. The van der Waals surface area contributed by atoms with Gasteiger partial charge in [-0.15, -0.1) is 35.3 Å². The Morgan fingerprint density at radius 1 is 1.22 bits per heavy atom. The van der Waals surface area contributed by atoms with Gasteiger partial charge in [0.2, 0.25) is 0 Å². The van der Waals surface area contributed by atoms with Gasteiger partial charge in [-0.2, -0.15) is 0 Å². The van der Waals surface area contributed by atoms with E-state index in [9.17, 15) is 4.79 Å². The van der Waals surface area contributed by atoms with Crippen LogP contribution in [0.4, 0.5) is 0 Å². The average molecular weight is 503 g/mol. The zero-order valence-electron chi connectivity index (χ0n) is 16.5. The summed E-state index contributed by atoms with van der Waals surface area (Å²) in [5, 5.41) is 7.66. The fraction of sp³-hybridized carbons (Fsp3) is 0.526. The number of guanidine groups is 1. The van der Waals surface area contributed by atoms with Crippen LogP contribution in [0, 0.1) is 20.8 Å². The number of rotatable bonds is 8. The molecule has 0 aliphatic heterocycles. The molecular weight excluding hydrogens is 473 g/mol. The van der Waals surface area contributed by atoms with Crippen molar-refractivity contribution in [3.05, 3.63) is 49.8 Å². The molecule has 150 valence electrons. The number of aryl methyl sites for hydroxylation is 3. The number of pyridine rings is 1. The highest BCUT2D eigenvalue weighted by atomic mass is 127. The highest BCUT2D eigenvalue weighted by Gasteiger charge is 2.04. The van der Waals surface area contributed by atoms with Gasteiger partial charge in [-0.25, -0.2) is 9.98 Å². The van der Waals surface area contributed by atoms with Gasteiger partial charge in [0.15, 0.2) is 5.96 Å². The lowest BCUT2D eigenvalue weighted by Crippen LogP contribution is -2.37. The molecule has 0 spiro atoms. The molecule has 2 N–H and O–H groups in total. The molecule has 0 atom stereocenters. The maximum atomic E-state index is 11.9. The van der Waals surface area contributed by atoms with Gasteiger partial charge in [-0.1, -0.05) is 6.07 Å². The molecule has 0 aliphatic carbocycles. The number of hydrogen-bond donors (Lipinski definition) is 2. The Hall–Kier alpha value is -1.42. The second-order valence-electron chi connectivity index (χ2n) is 6.24. The van der Waals surface area contributed by atoms with Gasteiger partial charge in [0.25, 0.3) is 5.56 Å². The van der Waals surface area contributed by atoms with Gasteiger partial charge in [0, 0.05) is 36.3 Å². The Balaban J connectivity index is 0.00000364. The lowest BCUT2D eigenvalue weighted by atomic mass is 10.3. The van der Waals surface area contributed by atoms with E-state index in [1.54, 1.807) is 23.5 Å². The number of hydrogen-bond acceptors (Lipinski definition) is 4. The number of aromatic nitrogens is 2. The van der Waals surface area contributed by atoms with Gasteiger partial charge >= 0.3 is 0 Å². The van der Waals surface area contributed by atoms with Crippen LogP contribution in [0.3, 0.4) is 0 Å². The first-order valence-electron chi connectivity index (χ1n) is 9.12. The normalized spacial score (nSPS) is 11.2. The van der Waals surface area contributed by atoms with Crippen molar-refractivity contribution in [3.8, 4) is 0 Å². The van der Waals surface area contributed by atoms with Crippen molar-refractivity contribution < 1.29 is 0 Å². The molecule has 2 heterocycles. The van der Waals surface area contributed by atoms with E-state index in [0.717, 1.165) is 54.8 Å². The van der Waals surface area contributed by atoms with Gasteiger partial charge in [-0.3, -0.25) is 4.79 Å². The van der Waals surface area contributed by atoms with Crippen LogP contribution in [0.15, 0.2) is 28.0 Å². The Labute approximate surface area is 182 Å². The van der Waals surface area contributed by atoms with E-state index in [2.05, 4.69) is 34.5 Å². The van der Waals surface area contributed by atoms with Crippen LogP contribution in [-0.4, -0.2) is 28.6 Å². The second kappa shape index (κ2) is 12.1. The smallest absolute Gasteiger partial charge is 0.250 e. The third kappa shape index (κ3) is 7.61. The van der Waals surface area contributed by atoms with Gasteiger partial charge in [-0.05, 0) is 46.6 Å². The third-order valence-corrected chi connectivity index (χ3v) is 5.22. The summed E-state index contributed by atoms with van der Waals surface area (Å²) in [6.07, 6.45) is 1.92. The van der Waals surface area contributed by atoms with E-state index in [0.29, 0.717) is 6.54 Å². The zero-order valence-corrected chi connectivity index (χ0v) is 19.7. The van der Waals surface area contributed by atoms with E-state index >= 15 is 0 Å². The first-order valence-corrected chi connectivity index (χ1v) is 9.94. The van der Waals surface area contributed by atoms with Crippen LogP contribution in [0.1, 0.15) is 41.0 Å². The predicted octanol–water partition coefficient (Wildman–Crippen LogP) is 3.38. The molecule has 0 aliphatic rings. The van der Waals surface area contributed by atoms with Crippen LogP contribution in [0.2, 0.25) is 0 Å². The Kier molecular flexibility index (Phi) is 10.6. The molecule has 6 nitrogen and oxygen atoms in total. The van der Waals surface area contributed by atoms with Crippen molar-refractivity contribution in [3.63, 3.8) is 0 Å². The number of nitrogens with zero attached hydrogens (tertiary/aromatic N) is 3. The number of halogens is 1. The quantitative estimate of drug-likeness (QED) is 0.251. The molecule has 0 saturated carbocycles. The van der Waals surface area contributed by atoms with Crippen molar-refractivity contribution in [2.75, 3.05) is 13.1 Å². The molecular formula is C19H30IN5OS.